The molecule has 0 spiro atoms. The summed E-state index contributed by atoms with van der Waals surface area (Å²) in [6.07, 6.45) is 2.17. The number of amides is 1. The van der Waals surface area contributed by atoms with Gasteiger partial charge >= 0.3 is 0 Å². The van der Waals surface area contributed by atoms with Gasteiger partial charge in [-0.3, -0.25) is 4.79 Å². The van der Waals surface area contributed by atoms with Crippen molar-refractivity contribution in [1.29, 1.82) is 0 Å². The van der Waals surface area contributed by atoms with Gasteiger partial charge in [0.1, 0.15) is 5.56 Å². The topological polar surface area (TPSA) is 106 Å². The average Bonchev–Trinajstić information content (AvgIpc) is 3.59. The van der Waals surface area contributed by atoms with Crippen molar-refractivity contribution in [2.45, 2.75) is 25.4 Å². The number of carbonyl (C=O) groups is 1. The van der Waals surface area contributed by atoms with E-state index in [1.165, 1.54) is 19.2 Å². The molecule has 31 heavy (non-hydrogen) atoms. The van der Waals surface area contributed by atoms with Crippen LogP contribution in [0.1, 0.15) is 28.8 Å². The van der Waals surface area contributed by atoms with Crippen molar-refractivity contribution in [2.75, 3.05) is 32.2 Å². The summed E-state index contributed by atoms with van der Waals surface area (Å²) in [6, 6.07) is 7.32. The third kappa shape index (κ3) is 6.22. The lowest BCUT2D eigenvalue weighted by Crippen LogP contribution is -2.32. The molecule has 0 bridgehead atoms. The molecule has 0 unspecified atom stereocenters. The highest BCUT2D eigenvalue weighted by atomic mass is 35.5. The fraction of sp³-hybridized carbons (Fsp3) is 0.409. The summed E-state index contributed by atoms with van der Waals surface area (Å²) < 4.78 is 24.8. The molecule has 0 saturated heterocycles. The van der Waals surface area contributed by atoms with E-state index >= 15 is 0 Å². The monoisotopic (exact) mass is 451 g/mol. The van der Waals surface area contributed by atoms with Crippen molar-refractivity contribution in [1.82, 2.24) is 5.32 Å². The number of nitrogens with two attached hydrogens (primary N) is 1. The van der Waals surface area contributed by atoms with Crippen LogP contribution in [0, 0.1) is 11.7 Å². The molecule has 0 aliphatic heterocycles. The summed E-state index contributed by atoms with van der Waals surface area (Å²) in [7, 11) is 1.39. The summed E-state index contributed by atoms with van der Waals surface area (Å²) in [5, 5.41) is 15.3. The molecule has 1 atom stereocenters. The van der Waals surface area contributed by atoms with Gasteiger partial charge in [-0.2, -0.15) is 0 Å². The van der Waals surface area contributed by atoms with Crippen molar-refractivity contribution in [3.05, 3.63) is 52.3 Å². The lowest BCUT2D eigenvalue weighted by atomic mass is 10.1. The number of methoxy groups -OCH3 is 1. The van der Waals surface area contributed by atoms with Crippen molar-refractivity contribution < 1.29 is 23.8 Å². The van der Waals surface area contributed by atoms with Crippen molar-refractivity contribution in [2.24, 2.45) is 11.7 Å². The number of rotatable bonds is 11. The first-order chi connectivity index (χ1) is 14.9. The van der Waals surface area contributed by atoms with Crippen LogP contribution in [0.2, 0.25) is 5.02 Å². The third-order valence-corrected chi connectivity index (χ3v) is 5.27. The zero-order chi connectivity index (χ0) is 22.4. The quantitative estimate of drug-likeness (QED) is 0.418. The Bertz CT molecular complexity index is 924. The second-order valence-corrected chi connectivity index (χ2v) is 7.94. The van der Waals surface area contributed by atoms with Crippen LogP contribution in [0.25, 0.3) is 0 Å². The summed E-state index contributed by atoms with van der Waals surface area (Å²) in [6.45, 7) is 0.699. The molecule has 5 N–H and O–H groups in total. The number of carbonyl (C=O) groups excluding carboxylic acids is 1. The maximum atomic E-state index is 13.9. The zero-order valence-electron chi connectivity index (χ0n) is 17.3. The van der Waals surface area contributed by atoms with Crippen LogP contribution in [-0.4, -0.2) is 43.9 Å². The van der Waals surface area contributed by atoms with Crippen LogP contribution in [0.15, 0.2) is 30.3 Å². The summed E-state index contributed by atoms with van der Waals surface area (Å²) in [4.78, 5) is 13.0. The third-order valence-electron chi connectivity index (χ3n) is 4.95. The SMILES string of the molecule is COc1ccc(CNC(=O)c2c(Cl)ccc(NC[C@H](N)CO)c2OCC2CC2)cc1F. The first-order valence-electron chi connectivity index (χ1n) is 10.1. The van der Waals surface area contributed by atoms with Crippen LogP contribution >= 0.6 is 11.6 Å². The van der Waals surface area contributed by atoms with E-state index in [4.69, 9.17) is 31.9 Å². The van der Waals surface area contributed by atoms with Gasteiger partial charge in [0.2, 0.25) is 0 Å². The van der Waals surface area contributed by atoms with Crippen molar-refractivity contribution in [3.63, 3.8) is 0 Å². The Balaban J connectivity index is 1.79. The summed E-state index contributed by atoms with van der Waals surface area (Å²) in [5.41, 5.74) is 7.11. The molecule has 1 saturated carbocycles. The molecule has 2 aromatic rings. The molecule has 0 heterocycles. The number of halogens is 2. The second kappa shape index (κ2) is 10.7. The van der Waals surface area contributed by atoms with E-state index in [0.29, 0.717) is 36.1 Å². The number of hydrogen-bond donors (Lipinski definition) is 4. The van der Waals surface area contributed by atoms with Gasteiger partial charge in [0, 0.05) is 19.1 Å². The largest absolute Gasteiger partial charge is 0.494 e. The molecule has 2 aromatic carbocycles. The van der Waals surface area contributed by atoms with E-state index in [1.54, 1.807) is 18.2 Å². The highest BCUT2D eigenvalue weighted by molar-refractivity contribution is 6.34. The molecule has 0 radical (unpaired) electrons. The van der Waals surface area contributed by atoms with E-state index < -0.39 is 17.8 Å². The molecule has 168 valence electrons. The van der Waals surface area contributed by atoms with E-state index in [0.717, 1.165) is 12.8 Å². The summed E-state index contributed by atoms with van der Waals surface area (Å²) >= 11 is 6.35. The normalized spacial score (nSPS) is 14.1. The number of aliphatic hydroxyl groups excluding tert-OH is 1. The molecule has 3 rings (SSSR count). The van der Waals surface area contributed by atoms with Gasteiger partial charge in [-0.1, -0.05) is 17.7 Å². The van der Waals surface area contributed by atoms with Gasteiger partial charge in [-0.15, -0.1) is 0 Å². The van der Waals surface area contributed by atoms with E-state index in [1.807, 2.05) is 0 Å². The standard InChI is InChI=1S/C22H27ClFN3O4/c1-30-19-7-4-14(8-17(19)24)9-27-22(29)20-16(23)5-6-18(26-10-15(25)11-28)21(20)31-12-13-2-3-13/h4-8,13,15,26,28H,2-3,9-12,25H2,1H3,(H,27,29)/t15-/m0/s1. The maximum absolute atomic E-state index is 13.9. The number of anilines is 1. The molecule has 1 aliphatic rings. The first-order valence-corrected chi connectivity index (χ1v) is 10.5. The zero-order valence-corrected chi connectivity index (χ0v) is 18.0. The minimum atomic E-state index is -0.507. The highest BCUT2D eigenvalue weighted by Crippen LogP contribution is 2.37. The van der Waals surface area contributed by atoms with E-state index in [2.05, 4.69) is 10.6 Å². The molecular weight excluding hydrogens is 425 g/mol. The predicted molar refractivity (Wildman–Crippen MR) is 117 cm³/mol. The molecular formula is C22H27ClFN3O4. The van der Waals surface area contributed by atoms with Gasteiger partial charge in [0.05, 0.1) is 31.0 Å². The number of aliphatic hydroxyl groups is 1. The number of ether oxygens (including phenoxy) is 2. The van der Waals surface area contributed by atoms with Gasteiger partial charge in [-0.25, -0.2) is 4.39 Å². The van der Waals surface area contributed by atoms with E-state index in [-0.39, 0.29) is 29.5 Å². The highest BCUT2D eigenvalue weighted by Gasteiger charge is 2.26. The molecule has 1 amide bonds. The molecule has 0 aromatic heterocycles. The van der Waals surface area contributed by atoms with Crippen LogP contribution in [0.4, 0.5) is 10.1 Å². The van der Waals surface area contributed by atoms with Gasteiger partial charge in [0.15, 0.2) is 17.3 Å². The van der Waals surface area contributed by atoms with Crippen LogP contribution < -0.4 is 25.8 Å². The molecule has 9 heteroatoms. The molecule has 1 fully saturated rings. The minimum absolute atomic E-state index is 0.102. The van der Waals surface area contributed by atoms with Gasteiger partial charge < -0.3 is 30.9 Å². The smallest absolute Gasteiger partial charge is 0.256 e. The molecule has 1 aliphatic carbocycles. The number of hydrogen-bond acceptors (Lipinski definition) is 6. The Labute approximate surface area is 185 Å². The van der Waals surface area contributed by atoms with Crippen molar-refractivity contribution >= 4 is 23.2 Å². The van der Waals surface area contributed by atoms with Gasteiger partial charge in [0.25, 0.3) is 5.91 Å². The fourth-order valence-electron chi connectivity index (χ4n) is 2.94. The Morgan fingerprint density at radius 2 is 2.13 bits per heavy atom. The Kier molecular flexibility index (Phi) is 7.95. The van der Waals surface area contributed by atoms with Crippen LogP contribution in [-0.2, 0) is 6.54 Å². The van der Waals surface area contributed by atoms with Crippen LogP contribution in [0.3, 0.4) is 0 Å². The predicted octanol–water partition coefficient (Wildman–Crippen LogP) is 2.94. The Morgan fingerprint density at radius 3 is 2.77 bits per heavy atom. The van der Waals surface area contributed by atoms with Gasteiger partial charge in [-0.05, 0) is 48.6 Å². The molecule has 7 nitrogen and oxygen atoms in total. The second-order valence-electron chi connectivity index (χ2n) is 7.53. The van der Waals surface area contributed by atoms with E-state index in [9.17, 15) is 9.18 Å². The average molecular weight is 452 g/mol. The first kappa shape index (κ1) is 23.1. The maximum Gasteiger partial charge on any atom is 0.256 e. The van der Waals surface area contributed by atoms with Crippen molar-refractivity contribution in [3.8, 4) is 11.5 Å². The summed E-state index contributed by atoms with van der Waals surface area (Å²) in [5.74, 6) is -0.0179. The number of benzene rings is 2. The van der Waals surface area contributed by atoms with Crippen LogP contribution in [0.5, 0.6) is 11.5 Å². The fourth-order valence-corrected chi connectivity index (χ4v) is 3.18. The lowest BCUT2D eigenvalue weighted by Gasteiger charge is -2.19. The Hall–Kier alpha value is -2.55. The lowest BCUT2D eigenvalue weighted by molar-refractivity contribution is 0.0946. The Morgan fingerprint density at radius 1 is 1.35 bits per heavy atom. The number of nitrogens with one attached hydrogen (secondary N) is 2. The minimum Gasteiger partial charge on any atom is -0.494 e.